The Hall–Kier alpha value is -1.75. The molecule has 0 aliphatic heterocycles. The van der Waals surface area contributed by atoms with Gasteiger partial charge in [-0.2, -0.15) is 0 Å². The molecule has 2 aromatic rings. The van der Waals surface area contributed by atoms with Gasteiger partial charge < -0.3 is 5.32 Å². The van der Waals surface area contributed by atoms with Crippen LogP contribution >= 0.6 is 15.9 Å². The topological polar surface area (TPSA) is 54.9 Å². The first-order valence-corrected chi connectivity index (χ1v) is 6.29. The number of rotatable bonds is 3. The summed E-state index contributed by atoms with van der Waals surface area (Å²) in [5.74, 6) is -0.230. The molecule has 18 heavy (non-hydrogen) atoms. The lowest BCUT2D eigenvalue weighted by Gasteiger charge is -2.13. The molecular weight excluding hydrogens is 294 g/mol. The molecule has 1 heterocycles. The third kappa shape index (κ3) is 3.13. The van der Waals surface area contributed by atoms with Crippen LogP contribution in [0.15, 0.2) is 47.3 Å². The number of carbonyl (C=O) groups excluding carboxylic acids is 1. The highest BCUT2D eigenvalue weighted by Gasteiger charge is 2.12. The Labute approximate surface area is 114 Å². The highest BCUT2D eigenvalue weighted by molar-refractivity contribution is 9.10. The van der Waals surface area contributed by atoms with Crippen LogP contribution in [-0.2, 0) is 0 Å². The van der Waals surface area contributed by atoms with Crippen molar-refractivity contribution >= 4 is 21.8 Å². The second-order valence-corrected chi connectivity index (χ2v) is 4.64. The summed E-state index contributed by atoms with van der Waals surface area (Å²) >= 11 is 3.18. The van der Waals surface area contributed by atoms with E-state index in [0.717, 1.165) is 5.56 Å². The third-order valence-corrected chi connectivity index (χ3v) is 2.91. The van der Waals surface area contributed by atoms with Crippen molar-refractivity contribution in [3.05, 3.63) is 58.6 Å². The maximum absolute atomic E-state index is 11.9. The Morgan fingerprint density at radius 1 is 1.22 bits per heavy atom. The van der Waals surface area contributed by atoms with E-state index < -0.39 is 0 Å². The maximum atomic E-state index is 11.9. The Balaban J connectivity index is 2.06. The summed E-state index contributed by atoms with van der Waals surface area (Å²) in [4.78, 5) is 19.9. The zero-order valence-corrected chi connectivity index (χ0v) is 11.4. The van der Waals surface area contributed by atoms with Gasteiger partial charge in [0.25, 0.3) is 5.91 Å². The first-order valence-electron chi connectivity index (χ1n) is 5.50. The molecule has 0 spiro atoms. The summed E-state index contributed by atoms with van der Waals surface area (Å²) < 4.78 is 0.607. The van der Waals surface area contributed by atoms with Crippen LogP contribution in [-0.4, -0.2) is 15.9 Å². The first kappa shape index (κ1) is 12.7. The van der Waals surface area contributed by atoms with Crippen LogP contribution in [0.3, 0.4) is 0 Å². The van der Waals surface area contributed by atoms with E-state index >= 15 is 0 Å². The molecule has 0 saturated heterocycles. The van der Waals surface area contributed by atoms with Crippen molar-refractivity contribution in [2.24, 2.45) is 0 Å². The van der Waals surface area contributed by atoms with Crippen molar-refractivity contribution in [3.8, 4) is 0 Å². The Kier molecular flexibility index (Phi) is 4.04. The number of aromatic nitrogens is 2. The molecule has 0 saturated carbocycles. The van der Waals surface area contributed by atoms with Crippen LogP contribution in [0.2, 0.25) is 0 Å². The molecule has 1 amide bonds. The van der Waals surface area contributed by atoms with E-state index in [9.17, 15) is 4.79 Å². The molecule has 0 fully saturated rings. The molecule has 0 radical (unpaired) electrons. The number of halogens is 1. The first-order chi connectivity index (χ1) is 8.66. The van der Waals surface area contributed by atoms with E-state index in [1.54, 1.807) is 0 Å². The zero-order chi connectivity index (χ0) is 13.0. The average Bonchev–Trinajstić information content (AvgIpc) is 2.40. The van der Waals surface area contributed by atoms with Crippen molar-refractivity contribution in [2.75, 3.05) is 0 Å². The van der Waals surface area contributed by atoms with Gasteiger partial charge >= 0.3 is 0 Å². The van der Waals surface area contributed by atoms with E-state index in [1.165, 1.54) is 12.4 Å². The monoisotopic (exact) mass is 305 g/mol. The smallest absolute Gasteiger partial charge is 0.271 e. The number of carbonyl (C=O) groups is 1. The molecule has 1 aromatic carbocycles. The number of benzene rings is 1. The standard InChI is InChI=1S/C13H12BrN3O/c1-9(10-5-3-2-4-6-10)17-13(18)11-7-16-12(14)8-15-11/h2-9H,1H3,(H,17,18). The normalized spacial score (nSPS) is 11.9. The lowest BCUT2D eigenvalue weighted by molar-refractivity contribution is 0.0934. The van der Waals surface area contributed by atoms with E-state index in [0.29, 0.717) is 10.3 Å². The molecule has 0 bridgehead atoms. The number of amides is 1. The van der Waals surface area contributed by atoms with Crippen LogP contribution in [0.4, 0.5) is 0 Å². The number of nitrogens with zero attached hydrogens (tertiary/aromatic N) is 2. The van der Waals surface area contributed by atoms with Gasteiger partial charge in [0, 0.05) is 0 Å². The lowest BCUT2D eigenvalue weighted by atomic mass is 10.1. The SMILES string of the molecule is CC(NC(=O)c1cnc(Br)cn1)c1ccccc1. The summed E-state index contributed by atoms with van der Waals surface area (Å²) in [5.41, 5.74) is 1.36. The summed E-state index contributed by atoms with van der Waals surface area (Å²) in [6.07, 6.45) is 2.94. The molecule has 1 aromatic heterocycles. The second-order valence-electron chi connectivity index (χ2n) is 3.83. The highest BCUT2D eigenvalue weighted by atomic mass is 79.9. The van der Waals surface area contributed by atoms with E-state index in [2.05, 4.69) is 31.2 Å². The maximum Gasteiger partial charge on any atom is 0.271 e. The lowest BCUT2D eigenvalue weighted by Crippen LogP contribution is -2.27. The molecular formula is C13H12BrN3O. The number of nitrogens with one attached hydrogen (secondary N) is 1. The van der Waals surface area contributed by atoms with Crippen molar-refractivity contribution < 1.29 is 4.79 Å². The summed E-state index contributed by atoms with van der Waals surface area (Å²) in [7, 11) is 0. The van der Waals surface area contributed by atoms with E-state index in [4.69, 9.17) is 0 Å². The molecule has 0 aliphatic carbocycles. The van der Waals surface area contributed by atoms with Gasteiger partial charge in [-0.05, 0) is 28.4 Å². The summed E-state index contributed by atoms with van der Waals surface area (Å²) in [6, 6.07) is 9.70. The summed E-state index contributed by atoms with van der Waals surface area (Å²) in [6.45, 7) is 1.93. The Morgan fingerprint density at radius 2 is 1.94 bits per heavy atom. The number of hydrogen-bond acceptors (Lipinski definition) is 3. The zero-order valence-electron chi connectivity index (χ0n) is 9.80. The predicted octanol–water partition coefficient (Wildman–Crippen LogP) is 2.73. The highest BCUT2D eigenvalue weighted by Crippen LogP contribution is 2.12. The fraction of sp³-hybridized carbons (Fsp3) is 0.154. The van der Waals surface area contributed by atoms with Crippen molar-refractivity contribution in [1.82, 2.24) is 15.3 Å². The fourth-order valence-electron chi connectivity index (χ4n) is 1.53. The summed E-state index contributed by atoms with van der Waals surface area (Å²) in [5, 5.41) is 2.88. The van der Waals surface area contributed by atoms with Gasteiger partial charge in [0.2, 0.25) is 0 Å². The minimum absolute atomic E-state index is 0.0656. The van der Waals surface area contributed by atoms with Crippen molar-refractivity contribution in [2.45, 2.75) is 13.0 Å². The van der Waals surface area contributed by atoms with E-state index in [-0.39, 0.29) is 11.9 Å². The van der Waals surface area contributed by atoms with Gasteiger partial charge in [-0.15, -0.1) is 0 Å². The van der Waals surface area contributed by atoms with Crippen LogP contribution < -0.4 is 5.32 Å². The van der Waals surface area contributed by atoms with Gasteiger partial charge in [0.05, 0.1) is 18.4 Å². The minimum Gasteiger partial charge on any atom is -0.344 e. The second kappa shape index (κ2) is 5.73. The van der Waals surface area contributed by atoms with Gasteiger partial charge in [-0.25, -0.2) is 9.97 Å². The molecule has 2 rings (SSSR count). The van der Waals surface area contributed by atoms with Gasteiger partial charge in [-0.1, -0.05) is 30.3 Å². The molecule has 1 unspecified atom stereocenters. The van der Waals surface area contributed by atoms with Gasteiger partial charge in [0.1, 0.15) is 10.3 Å². The van der Waals surface area contributed by atoms with Crippen LogP contribution in [0.1, 0.15) is 29.0 Å². The third-order valence-electron chi connectivity index (χ3n) is 2.50. The molecule has 1 atom stereocenters. The molecule has 1 N–H and O–H groups in total. The van der Waals surface area contributed by atoms with Crippen LogP contribution in [0.25, 0.3) is 0 Å². The van der Waals surface area contributed by atoms with Crippen molar-refractivity contribution in [3.63, 3.8) is 0 Å². The minimum atomic E-state index is -0.230. The Morgan fingerprint density at radius 3 is 2.56 bits per heavy atom. The molecule has 0 aliphatic rings. The van der Waals surface area contributed by atoms with E-state index in [1.807, 2.05) is 37.3 Å². The van der Waals surface area contributed by atoms with Crippen LogP contribution in [0.5, 0.6) is 0 Å². The van der Waals surface area contributed by atoms with Gasteiger partial charge in [0.15, 0.2) is 0 Å². The number of hydrogen-bond donors (Lipinski definition) is 1. The largest absolute Gasteiger partial charge is 0.344 e. The predicted molar refractivity (Wildman–Crippen MR) is 72.1 cm³/mol. The average molecular weight is 306 g/mol. The Bertz CT molecular complexity index is 528. The quantitative estimate of drug-likeness (QED) is 0.948. The molecule has 5 heteroatoms. The fourth-order valence-corrected chi connectivity index (χ4v) is 1.73. The van der Waals surface area contributed by atoms with Gasteiger partial charge in [-0.3, -0.25) is 4.79 Å². The van der Waals surface area contributed by atoms with Crippen LogP contribution in [0, 0.1) is 0 Å². The van der Waals surface area contributed by atoms with Crippen molar-refractivity contribution in [1.29, 1.82) is 0 Å². The molecule has 4 nitrogen and oxygen atoms in total. The molecule has 92 valence electrons.